The van der Waals surface area contributed by atoms with Gasteiger partial charge in [-0.2, -0.15) is 10.5 Å². The van der Waals surface area contributed by atoms with Crippen LogP contribution in [0.15, 0.2) is 29.2 Å². The average Bonchev–Trinajstić information content (AvgIpc) is 2.37. The van der Waals surface area contributed by atoms with Crippen LogP contribution in [-0.2, 0) is 14.6 Å². The maximum atomic E-state index is 11.7. The summed E-state index contributed by atoms with van der Waals surface area (Å²) in [6.07, 6.45) is -0.328. The lowest BCUT2D eigenvalue weighted by Crippen LogP contribution is -2.10. The molecule has 0 bridgehead atoms. The Morgan fingerprint density at radius 1 is 1.16 bits per heavy atom. The van der Waals surface area contributed by atoms with E-state index in [4.69, 9.17) is 10.5 Å². The number of carbonyl (C=O) groups excluding carboxylic acids is 1. The van der Waals surface area contributed by atoms with Crippen molar-refractivity contribution in [1.82, 2.24) is 0 Å². The molecule has 0 radical (unpaired) electrons. The van der Waals surface area contributed by atoms with Crippen molar-refractivity contribution >= 4 is 21.4 Å². The van der Waals surface area contributed by atoms with E-state index in [9.17, 15) is 13.2 Å². The molecule has 6 nitrogen and oxygen atoms in total. The second-order valence-corrected chi connectivity index (χ2v) is 5.74. The Labute approximate surface area is 111 Å². The summed E-state index contributed by atoms with van der Waals surface area (Å²) in [6.45, 7) is 0. The fourth-order valence-electron chi connectivity index (χ4n) is 1.32. The van der Waals surface area contributed by atoms with Crippen molar-refractivity contribution < 1.29 is 13.2 Å². The second kappa shape index (κ2) is 6.53. The van der Waals surface area contributed by atoms with Gasteiger partial charge in [0.15, 0.2) is 9.84 Å². The minimum atomic E-state index is -3.47. The molecule has 0 aliphatic rings. The van der Waals surface area contributed by atoms with Crippen molar-refractivity contribution in [2.75, 3.05) is 11.1 Å². The molecule has 0 spiro atoms. The summed E-state index contributed by atoms with van der Waals surface area (Å²) in [7, 11) is -3.47. The van der Waals surface area contributed by atoms with Gasteiger partial charge in [0.2, 0.25) is 5.91 Å². The molecule has 1 aromatic rings. The number of amides is 1. The highest BCUT2D eigenvalue weighted by Gasteiger charge is 2.13. The summed E-state index contributed by atoms with van der Waals surface area (Å²) in [5.74, 6) is -0.688. The van der Waals surface area contributed by atoms with Gasteiger partial charge in [-0.05, 0) is 24.3 Å². The number of anilines is 1. The zero-order valence-corrected chi connectivity index (χ0v) is 10.8. The minimum absolute atomic E-state index is 0.0665. The number of carbonyl (C=O) groups is 1. The third-order valence-electron chi connectivity index (χ3n) is 2.22. The molecule has 98 valence electrons. The standard InChI is InChI=1S/C12H11N3O3S/c13-7-1-9-19(17,18)11-4-2-10(3-5-11)15-12(16)6-8-14/h2-5H,1,6,9H2,(H,15,16). The van der Waals surface area contributed by atoms with Gasteiger partial charge in [0.25, 0.3) is 0 Å². The van der Waals surface area contributed by atoms with E-state index in [-0.39, 0.29) is 23.5 Å². The average molecular weight is 277 g/mol. The van der Waals surface area contributed by atoms with Crippen LogP contribution < -0.4 is 5.32 Å². The summed E-state index contributed by atoms with van der Waals surface area (Å²) in [4.78, 5) is 11.2. The summed E-state index contributed by atoms with van der Waals surface area (Å²) in [5, 5.41) is 19.2. The Morgan fingerprint density at radius 2 is 1.79 bits per heavy atom. The van der Waals surface area contributed by atoms with Gasteiger partial charge in [-0.15, -0.1) is 0 Å². The van der Waals surface area contributed by atoms with Crippen LogP contribution in [-0.4, -0.2) is 20.1 Å². The molecule has 1 aromatic carbocycles. The molecule has 0 aromatic heterocycles. The number of benzene rings is 1. The van der Waals surface area contributed by atoms with E-state index in [1.165, 1.54) is 24.3 Å². The van der Waals surface area contributed by atoms with Crippen LogP contribution in [0.25, 0.3) is 0 Å². The minimum Gasteiger partial charge on any atom is -0.325 e. The van der Waals surface area contributed by atoms with Crippen LogP contribution in [0.1, 0.15) is 12.8 Å². The molecular formula is C12H11N3O3S. The number of nitriles is 2. The molecule has 7 heteroatoms. The van der Waals surface area contributed by atoms with Crippen molar-refractivity contribution in [3.05, 3.63) is 24.3 Å². The second-order valence-electron chi connectivity index (χ2n) is 3.63. The molecule has 1 amide bonds. The Morgan fingerprint density at radius 3 is 2.32 bits per heavy atom. The summed E-state index contributed by atoms with van der Waals surface area (Å²) in [6, 6.07) is 9.08. The number of sulfone groups is 1. The highest BCUT2D eigenvalue weighted by molar-refractivity contribution is 7.91. The van der Waals surface area contributed by atoms with E-state index in [0.29, 0.717) is 5.69 Å². The van der Waals surface area contributed by atoms with Gasteiger partial charge in [-0.25, -0.2) is 8.42 Å². The molecule has 0 atom stereocenters. The number of nitrogens with zero attached hydrogens (tertiary/aromatic N) is 2. The van der Waals surface area contributed by atoms with Gasteiger partial charge in [-0.1, -0.05) is 0 Å². The Bertz CT molecular complexity index is 636. The lowest BCUT2D eigenvalue weighted by Gasteiger charge is -2.05. The van der Waals surface area contributed by atoms with Crippen molar-refractivity contribution in [3.63, 3.8) is 0 Å². The fraction of sp³-hybridized carbons (Fsp3) is 0.250. The zero-order chi connectivity index (χ0) is 14.3. The third-order valence-corrected chi connectivity index (χ3v) is 3.95. The summed E-state index contributed by atoms with van der Waals surface area (Å²) in [5.41, 5.74) is 0.416. The van der Waals surface area contributed by atoms with Crippen molar-refractivity contribution in [2.24, 2.45) is 0 Å². The van der Waals surface area contributed by atoms with Crippen LogP contribution >= 0.6 is 0 Å². The predicted octanol–water partition coefficient (Wildman–Crippen LogP) is 1.23. The van der Waals surface area contributed by atoms with Gasteiger partial charge < -0.3 is 5.32 Å². The number of hydrogen-bond acceptors (Lipinski definition) is 5. The number of hydrogen-bond donors (Lipinski definition) is 1. The highest BCUT2D eigenvalue weighted by Crippen LogP contribution is 2.16. The van der Waals surface area contributed by atoms with Crippen molar-refractivity contribution in [1.29, 1.82) is 10.5 Å². The maximum Gasteiger partial charge on any atom is 0.238 e. The molecule has 0 heterocycles. The van der Waals surface area contributed by atoms with Gasteiger partial charge in [0, 0.05) is 12.1 Å². The first-order chi connectivity index (χ1) is 8.99. The molecule has 1 rings (SSSR count). The quantitative estimate of drug-likeness (QED) is 0.870. The van der Waals surface area contributed by atoms with E-state index < -0.39 is 15.7 Å². The van der Waals surface area contributed by atoms with Gasteiger partial charge in [0.05, 0.1) is 22.8 Å². The lowest BCUT2D eigenvalue weighted by molar-refractivity contribution is -0.115. The van der Waals surface area contributed by atoms with Crippen molar-refractivity contribution in [2.45, 2.75) is 17.7 Å². The molecule has 0 aliphatic heterocycles. The predicted molar refractivity (Wildman–Crippen MR) is 67.6 cm³/mol. The molecule has 0 unspecified atom stereocenters. The van der Waals surface area contributed by atoms with Gasteiger partial charge >= 0.3 is 0 Å². The molecular weight excluding hydrogens is 266 g/mol. The van der Waals surface area contributed by atoms with Crippen LogP contribution in [0.3, 0.4) is 0 Å². The normalized spacial score (nSPS) is 10.2. The van der Waals surface area contributed by atoms with E-state index in [0.717, 1.165) is 0 Å². The van der Waals surface area contributed by atoms with Gasteiger partial charge in [-0.3, -0.25) is 4.79 Å². The lowest BCUT2D eigenvalue weighted by atomic mass is 10.3. The van der Waals surface area contributed by atoms with E-state index in [2.05, 4.69) is 5.32 Å². The highest BCUT2D eigenvalue weighted by atomic mass is 32.2. The first kappa shape index (κ1) is 14.7. The maximum absolute atomic E-state index is 11.7. The molecule has 19 heavy (non-hydrogen) atoms. The monoisotopic (exact) mass is 277 g/mol. The molecule has 0 fully saturated rings. The summed E-state index contributed by atoms with van der Waals surface area (Å²) < 4.78 is 23.5. The van der Waals surface area contributed by atoms with Gasteiger partial charge in [0.1, 0.15) is 6.42 Å². The first-order valence-corrected chi connectivity index (χ1v) is 7.01. The van der Waals surface area contributed by atoms with E-state index in [1.807, 2.05) is 0 Å². The first-order valence-electron chi connectivity index (χ1n) is 5.36. The SMILES string of the molecule is N#CCCS(=O)(=O)c1ccc(NC(=O)CC#N)cc1. The third kappa shape index (κ3) is 4.41. The molecule has 1 N–H and O–H groups in total. The smallest absolute Gasteiger partial charge is 0.238 e. The van der Waals surface area contributed by atoms with E-state index in [1.54, 1.807) is 12.1 Å². The molecule has 0 saturated carbocycles. The fourth-order valence-corrected chi connectivity index (χ4v) is 2.47. The van der Waals surface area contributed by atoms with Crippen LogP contribution in [0.2, 0.25) is 0 Å². The Balaban J connectivity index is 2.80. The van der Waals surface area contributed by atoms with Crippen molar-refractivity contribution in [3.8, 4) is 12.1 Å². The Kier molecular flexibility index (Phi) is 5.04. The zero-order valence-electron chi connectivity index (χ0n) is 9.96. The van der Waals surface area contributed by atoms with Crippen LogP contribution in [0, 0.1) is 22.7 Å². The number of rotatable bonds is 5. The topological polar surface area (TPSA) is 111 Å². The molecule has 0 saturated heterocycles. The van der Waals surface area contributed by atoms with Crippen LogP contribution in [0.5, 0.6) is 0 Å². The van der Waals surface area contributed by atoms with Crippen LogP contribution in [0.4, 0.5) is 5.69 Å². The Hall–Kier alpha value is -2.38. The summed E-state index contributed by atoms with van der Waals surface area (Å²) >= 11 is 0. The largest absolute Gasteiger partial charge is 0.325 e. The van der Waals surface area contributed by atoms with E-state index >= 15 is 0 Å². The molecule has 0 aliphatic carbocycles. The number of nitrogens with one attached hydrogen (secondary N) is 1.